The lowest BCUT2D eigenvalue weighted by molar-refractivity contribution is -0.393. The molecule has 1 aromatic heterocycles. The number of non-ortho nitro benzene ring substituents is 1. The van der Waals surface area contributed by atoms with Gasteiger partial charge in [-0.1, -0.05) is 15.9 Å². The molecule has 1 N–H and O–H groups in total. The van der Waals surface area contributed by atoms with Gasteiger partial charge in [0, 0.05) is 23.0 Å². The number of aromatic nitrogens is 1. The second kappa shape index (κ2) is 6.76. The molecule has 0 fully saturated rings. The highest BCUT2D eigenvalue weighted by Gasteiger charge is 2.21. The Morgan fingerprint density at radius 1 is 1.11 bits per heavy atom. The van der Waals surface area contributed by atoms with E-state index in [2.05, 4.69) is 26.2 Å². The van der Waals surface area contributed by atoms with E-state index in [-0.39, 0.29) is 17.3 Å². The van der Waals surface area contributed by atoms with Crippen molar-refractivity contribution in [2.75, 3.05) is 0 Å². The maximum atomic E-state index is 11.2. The quantitative estimate of drug-likeness (QED) is 0.343. The number of azo groups is 1. The summed E-state index contributed by atoms with van der Waals surface area (Å²) in [5.41, 5.74) is 0.638. The molecule has 0 aliphatic rings. The van der Waals surface area contributed by atoms with Gasteiger partial charge in [-0.15, -0.1) is 10.2 Å². The molecule has 3 aromatic rings. The fraction of sp³-hybridized carbons (Fsp3) is 0.125. The molecule has 0 atom stereocenters. The maximum Gasteiger partial charge on any atom is 0.303 e. The van der Waals surface area contributed by atoms with E-state index in [4.69, 9.17) is 0 Å². The molecule has 2 aromatic carbocycles. The monoisotopic (exact) mass is 433 g/mol. The van der Waals surface area contributed by atoms with E-state index in [9.17, 15) is 25.3 Å². The van der Waals surface area contributed by atoms with E-state index in [0.29, 0.717) is 5.39 Å². The molecule has 11 heteroatoms. The third-order valence-electron chi connectivity index (χ3n) is 4.01. The van der Waals surface area contributed by atoms with E-state index >= 15 is 0 Å². The normalized spacial score (nSPS) is 11.4. The minimum Gasteiger partial charge on any atom is -0.493 e. The zero-order valence-corrected chi connectivity index (χ0v) is 15.7. The molecule has 0 aliphatic heterocycles. The zero-order chi connectivity index (χ0) is 19.9. The van der Waals surface area contributed by atoms with Gasteiger partial charge in [-0.3, -0.25) is 20.2 Å². The lowest BCUT2D eigenvalue weighted by Crippen LogP contribution is -1.92. The molecule has 0 saturated carbocycles. The Hall–Kier alpha value is -3.34. The number of aryl methyl sites for hydroxylation is 2. The second-order valence-corrected chi connectivity index (χ2v) is 6.65. The van der Waals surface area contributed by atoms with Crippen molar-refractivity contribution in [2.45, 2.75) is 6.92 Å². The van der Waals surface area contributed by atoms with Crippen LogP contribution in [0.1, 0.15) is 5.56 Å². The van der Waals surface area contributed by atoms with Crippen LogP contribution in [0, 0.1) is 27.2 Å². The molecule has 0 saturated heterocycles. The standard InChI is InChI=1S/C16H12BrN5O5/c1-8-5-9(17)6-11-14(16(23)20(2)15(8)11)19-18-12-4-3-10(21(24)25)7-13(12)22(26)27/h3-7,23H,1-2H3. The molecule has 0 unspecified atom stereocenters. The van der Waals surface area contributed by atoms with Crippen LogP contribution >= 0.6 is 15.9 Å². The van der Waals surface area contributed by atoms with Gasteiger partial charge >= 0.3 is 5.69 Å². The van der Waals surface area contributed by atoms with Crippen molar-refractivity contribution in [2.24, 2.45) is 17.3 Å². The zero-order valence-electron chi connectivity index (χ0n) is 14.1. The van der Waals surface area contributed by atoms with Gasteiger partial charge in [0.1, 0.15) is 0 Å². The van der Waals surface area contributed by atoms with Crippen molar-refractivity contribution in [1.82, 2.24) is 4.57 Å². The van der Waals surface area contributed by atoms with E-state index in [1.54, 1.807) is 13.1 Å². The smallest absolute Gasteiger partial charge is 0.303 e. The van der Waals surface area contributed by atoms with E-state index in [0.717, 1.165) is 33.8 Å². The van der Waals surface area contributed by atoms with Crippen LogP contribution in [-0.2, 0) is 7.05 Å². The molecule has 27 heavy (non-hydrogen) atoms. The molecule has 0 bridgehead atoms. The van der Waals surface area contributed by atoms with Crippen molar-refractivity contribution in [3.05, 3.63) is 60.6 Å². The molecule has 0 radical (unpaired) electrons. The van der Waals surface area contributed by atoms with Gasteiger partial charge in [-0.2, -0.15) is 0 Å². The SMILES string of the molecule is Cc1cc(Br)cc2c(N=Nc3ccc([N+](=O)[O-])cc3[N+](=O)[O-])c(O)n(C)c12. The fourth-order valence-electron chi connectivity index (χ4n) is 2.81. The van der Waals surface area contributed by atoms with Crippen molar-refractivity contribution >= 4 is 49.6 Å². The Labute approximate surface area is 160 Å². The summed E-state index contributed by atoms with van der Waals surface area (Å²) in [4.78, 5) is 20.5. The molecular weight excluding hydrogens is 422 g/mol. The molecular formula is C16H12BrN5O5. The number of halogens is 1. The van der Waals surface area contributed by atoms with Gasteiger partial charge < -0.3 is 9.67 Å². The summed E-state index contributed by atoms with van der Waals surface area (Å²) in [6, 6.07) is 6.69. The van der Waals surface area contributed by atoms with E-state index < -0.39 is 21.2 Å². The lowest BCUT2D eigenvalue weighted by Gasteiger charge is -2.01. The minimum absolute atomic E-state index is 0.143. The third-order valence-corrected chi connectivity index (χ3v) is 4.47. The van der Waals surface area contributed by atoms with Gasteiger partial charge in [-0.25, -0.2) is 0 Å². The highest BCUT2D eigenvalue weighted by Crippen LogP contribution is 2.42. The number of aromatic hydroxyl groups is 1. The summed E-state index contributed by atoms with van der Waals surface area (Å²) in [5.74, 6) is -0.153. The number of hydrogen-bond donors (Lipinski definition) is 1. The Morgan fingerprint density at radius 2 is 1.81 bits per heavy atom. The number of rotatable bonds is 4. The Bertz CT molecular complexity index is 1140. The molecule has 1 heterocycles. The predicted octanol–water partition coefficient (Wildman–Crippen LogP) is 5.19. The number of nitrogens with zero attached hydrogens (tertiary/aromatic N) is 5. The fourth-order valence-corrected chi connectivity index (χ4v) is 3.38. The van der Waals surface area contributed by atoms with Crippen LogP contribution in [0.3, 0.4) is 0 Å². The number of hydrogen-bond acceptors (Lipinski definition) is 7. The molecule has 138 valence electrons. The predicted molar refractivity (Wildman–Crippen MR) is 101 cm³/mol. The van der Waals surface area contributed by atoms with E-state index in [1.807, 2.05) is 13.0 Å². The first kappa shape index (κ1) is 18.5. The van der Waals surface area contributed by atoms with Crippen LogP contribution < -0.4 is 0 Å². The van der Waals surface area contributed by atoms with Gasteiger partial charge in [0.2, 0.25) is 5.88 Å². The summed E-state index contributed by atoms with van der Waals surface area (Å²) in [6.45, 7) is 1.87. The molecule has 0 amide bonds. The van der Waals surface area contributed by atoms with Crippen LogP contribution in [0.25, 0.3) is 10.9 Å². The average Bonchev–Trinajstić information content (AvgIpc) is 2.83. The number of nitro groups is 2. The molecule has 10 nitrogen and oxygen atoms in total. The van der Waals surface area contributed by atoms with Crippen LogP contribution in [0.4, 0.5) is 22.7 Å². The summed E-state index contributed by atoms with van der Waals surface area (Å²) >= 11 is 3.38. The van der Waals surface area contributed by atoms with Crippen LogP contribution in [0.5, 0.6) is 5.88 Å². The third kappa shape index (κ3) is 3.24. The highest BCUT2D eigenvalue weighted by atomic mass is 79.9. The maximum absolute atomic E-state index is 11.2. The Morgan fingerprint density at radius 3 is 2.44 bits per heavy atom. The molecule has 3 rings (SSSR count). The largest absolute Gasteiger partial charge is 0.493 e. The first-order valence-corrected chi connectivity index (χ1v) is 8.32. The molecule has 0 aliphatic carbocycles. The summed E-state index contributed by atoms with van der Waals surface area (Å²) in [7, 11) is 1.66. The van der Waals surface area contributed by atoms with Crippen LogP contribution in [0.2, 0.25) is 0 Å². The highest BCUT2D eigenvalue weighted by molar-refractivity contribution is 9.10. The molecule has 0 spiro atoms. The van der Waals surface area contributed by atoms with Gasteiger partial charge in [0.05, 0.1) is 21.4 Å². The van der Waals surface area contributed by atoms with Gasteiger partial charge in [0.25, 0.3) is 5.69 Å². The van der Waals surface area contributed by atoms with Crippen LogP contribution in [-0.4, -0.2) is 19.5 Å². The van der Waals surface area contributed by atoms with Gasteiger partial charge in [-0.05, 0) is 30.7 Å². The number of fused-ring (bicyclic) bond motifs is 1. The van der Waals surface area contributed by atoms with Crippen molar-refractivity contribution in [3.8, 4) is 5.88 Å². The average molecular weight is 434 g/mol. The van der Waals surface area contributed by atoms with Crippen molar-refractivity contribution in [1.29, 1.82) is 0 Å². The first-order valence-electron chi connectivity index (χ1n) is 7.52. The summed E-state index contributed by atoms with van der Waals surface area (Å²) in [5, 5.41) is 40.8. The summed E-state index contributed by atoms with van der Waals surface area (Å²) in [6.07, 6.45) is 0. The van der Waals surface area contributed by atoms with Crippen molar-refractivity contribution in [3.63, 3.8) is 0 Å². The second-order valence-electron chi connectivity index (χ2n) is 5.74. The topological polar surface area (TPSA) is 136 Å². The first-order chi connectivity index (χ1) is 12.7. The van der Waals surface area contributed by atoms with Gasteiger partial charge in [0.15, 0.2) is 11.4 Å². The minimum atomic E-state index is -0.773. The number of nitro benzene ring substituents is 2. The summed E-state index contributed by atoms with van der Waals surface area (Å²) < 4.78 is 2.31. The van der Waals surface area contributed by atoms with Crippen LogP contribution in [0.15, 0.2) is 45.0 Å². The van der Waals surface area contributed by atoms with Crippen molar-refractivity contribution < 1.29 is 15.0 Å². The lowest BCUT2D eigenvalue weighted by atomic mass is 10.1. The Kier molecular flexibility index (Phi) is 4.62. The Balaban J connectivity index is 2.16. The van der Waals surface area contributed by atoms with E-state index in [1.165, 1.54) is 4.57 Å². The number of benzene rings is 2.